The summed E-state index contributed by atoms with van der Waals surface area (Å²) in [5.41, 5.74) is 1.10. The van der Waals surface area contributed by atoms with Crippen LogP contribution in [0.3, 0.4) is 0 Å². The number of benzene rings is 1. The molecule has 0 spiro atoms. The molecule has 0 radical (unpaired) electrons. The highest BCUT2D eigenvalue weighted by atomic mass is 16.5. The molecule has 0 aliphatic rings. The highest BCUT2D eigenvalue weighted by molar-refractivity contribution is 5.70. The van der Waals surface area contributed by atoms with Crippen molar-refractivity contribution in [2.75, 3.05) is 13.7 Å². The van der Waals surface area contributed by atoms with E-state index in [1.165, 1.54) is 12.7 Å². The average molecular weight is 249 g/mol. The molecule has 0 bridgehead atoms. The van der Waals surface area contributed by atoms with Crippen LogP contribution in [0.4, 0.5) is 0 Å². The van der Waals surface area contributed by atoms with Crippen molar-refractivity contribution in [1.82, 2.24) is 5.32 Å². The number of methoxy groups -OCH3 is 1. The van der Waals surface area contributed by atoms with Crippen LogP contribution in [-0.4, -0.2) is 25.2 Å². The second kappa shape index (κ2) is 7.17. The Morgan fingerprint density at radius 2 is 2.00 bits per heavy atom. The summed E-state index contributed by atoms with van der Waals surface area (Å²) in [6, 6.07) is 10.3. The number of rotatable bonds is 7. The van der Waals surface area contributed by atoms with Gasteiger partial charge in [0.15, 0.2) is 0 Å². The number of carbonyl (C=O) groups excluding carboxylic acids is 1. The molecule has 0 heterocycles. The maximum absolute atomic E-state index is 11.5. The first-order chi connectivity index (χ1) is 8.59. The highest BCUT2D eigenvalue weighted by Crippen LogP contribution is 2.18. The number of ether oxygens (including phenoxy) is 1. The van der Waals surface area contributed by atoms with Crippen molar-refractivity contribution in [2.45, 2.75) is 38.6 Å². The molecule has 1 aromatic carbocycles. The van der Waals surface area contributed by atoms with E-state index in [1.54, 1.807) is 0 Å². The standard InChI is InChI=1S/C15H23NO2/c1-4-16-15(2,12-14(17)18-3)11-10-13-8-6-5-7-9-13/h5-9,16H,4,10-12H2,1-3H3. The number of hydrogen-bond donors (Lipinski definition) is 1. The van der Waals surface area contributed by atoms with Crippen LogP contribution in [0.1, 0.15) is 32.3 Å². The van der Waals surface area contributed by atoms with Gasteiger partial charge in [0.25, 0.3) is 0 Å². The molecule has 3 heteroatoms. The zero-order valence-electron chi connectivity index (χ0n) is 11.5. The number of hydrogen-bond acceptors (Lipinski definition) is 3. The number of esters is 1. The summed E-state index contributed by atoms with van der Waals surface area (Å²) in [5.74, 6) is -0.161. The van der Waals surface area contributed by atoms with E-state index in [0.717, 1.165) is 19.4 Å². The van der Waals surface area contributed by atoms with Gasteiger partial charge in [-0.3, -0.25) is 4.79 Å². The van der Waals surface area contributed by atoms with Crippen molar-refractivity contribution < 1.29 is 9.53 Å². The van der Waals surface area contributed by atoms with Crippen molar-refractivity contribution in [3.63, 3.8) is 0 Å². The summed E-state index contributed by atoms with van der Waals surface area (Å²) in [6.45, 7) is 4.98. The second-order valence-electron chi connectivity index (χ2n) is 4.83. The lowest BCUT2D eigenvalue weighted by Crippen LogP contribution is -2.44. The van der Waals surface area contributed by atoms with Crippen LogP contribution in [0, 0.1) is 0 Å². The van der Waals surface area contributed by atoms with E-state index in [2.05, 4.69) is 31.3 Å². The molecule has 1 unspecified atom stereocenters. The van der Waals surface area contributed by atoms with Gasteiger partial charge in [0.1, 0.15) is 0 Å². The van der Waals surface area contributed by atoms with E-state index >= 15 is 0 Å². The van der Waals surface area contributed by atoms with Gasteiger partial charge in [-0.25, -0.2) is 0 Å². The van der Waals surface area contributed by atoms with Crippen LogP contribution < -0.4 is 5.32 Å². The third kappa shape index (κ3) is 4.88. The monoisotopic (exact) mass is 249 g/mol. The second-order valence-corrected chi connectivity index (χ2v) is 4.83. The van der Waals surface area contributed by atoms with E-state index in [1.807, 2.05) is 18.2 Å². The molecule has 0 aromatic heterocycles. The van der Waals surface area contributed by atoms with E-state index in [0.29, 0.717) is 6.42 Å². The van der Waals surface area contributed by atoms with Crippen LogP contribution in [0.25, 0.3) is 0 Å². The molecular formula is C15H23NO2. The zero-order valence-corrected chi connectivity index (χ0v) is 11.5. The lowest BCUT2D eigenvalue weighted by molar-refractivity contribution is -0.142. The molecule has 100 valence electrons. The smallest absolute Gasteiger partial charge is 0.307 e. The summed E-state index contributed by atoms with van der Waals surface area (Å²) in [4.78, 5) is 11.5. The summed E-state index contributed by atoms with van der Waals surface area (Å²) < 4.78 is 4.77. The maximum atomic E-state index is 11.5. The predicted molar refractivity (Wildman–Crippen MR) is 73.5 cm³/mol. The Hall–Kier alpha value is -1.35. The zero-order chi connectivity index (χ0) is 13.4. The fourth-order valence-electron chi connectivity index (χ4n) is 2.12. The molecule has 0 saturated heterocycles. The van der Waals surface area contributed by atoms with Crippen molar-refractivity contribution >= 4 is 5.97 Å². The van der Waals surface area contributed by atoms with Gasteiger partial charge in [-0.1, -0.05) is 37.3 Å². The van der Waals surface area contributed by atoms with Gasteiger partial charge in [0.05, 0.1) is 13.5 Å². The van der Waals surface area contributed by atoms with Crippen molar-refractivity contribution in [3.8, 4) is 0 Å². The van der Waals surface area contributed by atoms with Crippen LogP contribution in [0.5, 0.6) is 0 Å². The fraction of sp³-hybridized carbons (Fsp3) is 0.533. The third-order valence-electron chi connectivity index (χ3n) is 3.17. The van der Waals surface area contributed by atoms with Crippen LogP contribution in [0.15, 0.2) is 30.3 Å². The Labute approximate surface area is 110 Å². The maximum Gasteiger partial charge on any atom is 0.307 e. The molecule has 1 atom stereocenters. The lowest BCUT2D eigenvalue weighted by atomic mass is 9.90. The molecule has 1 rings (SSSR count). The highest BCUT2D eigenvalue weighted by Gasteiger charge is 2.26. The largest absolute Gasteiger partial charge is 0.469 e. The van der Waals surface area contributed by atoms with Crippen LogP contribution in [-0.2, 0) is 16.0 Å². The first-order valence-corrected chi connectivity index (χ1v) is 6.45. The first-order valence-electron chi connectivity index (χ1n) is 6.45. The van der Waals surface area contributed by atoms with Crippen molar-refractivity contribution in [1.29, 1.82) is 0 Å². The number of aryl methyl sites for hydroxylation is 1. The van der Waals surface area contributed by atoms with E-state index in [9.17, 15) is 4.79 Å². The minimum atomic E-state index is -0.197. The number of nitrogens with one attached hydrogen (secondary N) is 1. The SMILES string of the molecule is CCNC(C)(CCc1ccccc1)CC(=O)OC. The summed E-state index contributed by atoms with van der Waals surface area (Å²) in [6.07, 6.45) is 2.28. The van der Waals surface area contributed by atoms with Crippen LogP contribution in [0.2, 0.25) is 0 Å². The van der Waals surface area contributed by atoms with Gasteiger partial charge in [0, 0.05) is 5.54 Å². The molecule has 0 fully saturated rings. The number of carbonyl (C=O) groups is 1. The van der Waals surface area contributed by atoms with Crippen LogP contribution >= 0.6 is 0 Å². The molecule has 1 aromatic rings. The minimum Gasteiger partial charge on any atom is -0.469 e. The summed E-state index contributed by atoms with van der Waals surface area (Å²) in [7, 11) is 1.44. The van der Waals surface area contributed by atoms with E-state index in [-0.39, 0.29) is 11.5 Å². The molecular weight excluding hydrogens is 226 g/mol. The average Bonchev–Trinajstić information content (AvgIpc) is 2.38. The Morgan fingerprint density at radius 3 is 2.56 bits per heavy atom. The molecule has 1 N–H and O–H groups in total. The quantitative estimate of drug-likeness (QED) is 0.755. The lowest BCUT2D eigenvalue weighted by Gasteiger charge is -2.29. The van der Waals surface area contributed by atoms with Crippen molar-refractivity contribution in [2.24, 2.45) is 0 Å². The Bertz CT molecular complexity index is 364. The van der Waals surface area contributed by atoms with Gasteiger partial charge >= 0.3 is 5.97 Å². The molecule has 0 saturated carbocycles. The predicted octanol–water partition coefficient (Wildman–Crippen LogP) is 2.55. The topological polar surface area (TPSA) is 38.3 Å². The Balaban J connectivity index is 2.59. The van der Waals surface area contributed by atoms with E-state index < -0.39 is 0 Å². The molecule has 3 nitrogen and oxygen atoms in total. The normalized spacial score (nSPS) is 13.9. The summed E-state index contributed by atoms with van der Waals surface area (Å²) in [5, 5.41) is 3.39. The Kier molecular flexibility index (Phi) is 5.86. The first kappa shape index (κ1) is 14.7. The van der Waals surface area contributed by atoms with E-state index in [4.69, 9.17) is 4.74 Å². The minimum absolute atomic E-state index is 0.161. The van der Waals surface area contributed by atoms with Gasteiger partial charge in [-0.05, 0) is 31.9 Å². The molecule has 18 heavy (non-hydrogen) atoms. The van der Waals surface area contributed by atoms with Gasteiger partial charge in [-0.2, -0.15) is 0 Å². The summed E-state index contributed by atoms with van der Waals surface area (Å²) >= 11 is 0. The van der Waals surface area contributed by atoms with Gasteiger partial charge in [0.2, 0.25) is 0 Å². The molecule has 0 aliphatic heterocycles. The van der Waals surface area contributed by atoms with Gasteiger partial charge in [-0.15, -0.1) is 0 Å². The Morgan fingerprint density at radius 1 is 1.33 bits per heavy atom. The van der Waals surface area contributed by atoms with Crippen molar-refractivity contribution in [3.05, 3.63) is 35.9 Å². The van der Waals surface area contributed by atoms with Gasteiger partial charge < -0.3 is 10.1 Å². The molecule has 0 amide bonds. The fourth-order valence-corrected chi connectivity index (χ4v) is 2.12. The third-order valence-corrected chi connectivity index (χ3v) is 3.17. The molecule has 0 aliphatic carbocycles.